The van der Waals surface area contributed by atoms with Gasteiger partial charge in [0.15, 0.2) is 0 Å². The third-order valence-corrected chi connectivity index (χ3v) is 3.71. The zero-order valence-electron chi connectivity index (χ0n) is 10.9. The van der Waals surface area contributed by atoms with Crippen molar-refractivity contribution in [3.05, 3.63) is 52.6 Å². The van der Waals surface area contributed by atoms with Gasteiger partial charge in [0.1, 0.15) is 11.6 Å². The Bertz CT molecular complexity index is 517. The van der Waals surface area contributed by atoms with Crippen molar-refractivity contribution >= 4 is 21.7 Å². The molecule has 2 rings (SSSR count). The van der Waals surface area contributed by atoms with Crippen molar-refractivity contribution < 1.29 is 4.74 Å². The van der Waals surface area contributed by atoms with E-state index in [1.54, 1.807) is 0 Å². The second-order valence-corrected chi connectivity index (χ2v) is 5.03. The lowest BCUT2D eigenvalue weighted by Crippen LogP contribution is -2.08. The summed E-state index contributed by atoms with van der Waals surface area (Å²) in [6.07, 6.45) is 2.74. The van der Waals surface area contributed by atoms with Gasteiger partial charge in [-0.3, -0.25) is 0 Å². The molecule has 0 fully saturated rings. The van der Waals surface area contributed by atoms with E-state index in [1.807, 2.05) is 42.6 Å². The molecule has 0 saturated heterocycles. The molecule has 1 N–H and O–H groups in total. The number of pyridine rings is 1. The fourth-order valence-corrected chi connectivity index (χ4v) is 2.02. The Balaban J connectivity index is 1.71. The van der Waals surface area contributed by atoms with Crippen LogP contribution in [-0.4, -0.2) is 18.1 Å². The van der Waals surface area contributed by atoms with Crippen LogP contribution in [0.3, 0.4) is 0 Å². The molecule has 0 atom stereocenters. The van der Waals surface area contributed by atoms with Gasteiger partial charge in [0.05, 0.1) is 11.1 Å². The van der Waals surface area contributed by atoms with Crippen molar-refractivity contribution in [2.45, 2.75) is 13.3 Å². The molecule has 0 amide bonds. The van der Waals surface area contributed by atoms with Crippen LogP contribution in [0, 0.1) is 6.92 Å². The number of ether oxygens (including phenoxy) is 1. The topological polar surface area (TPSA) is 34.2 Å². The van der Waals surface area contributed by atoms with Crippen LogP contribution in [0.5, 0.6) is 5.75 Å². The van der Waals surface area contributed by atoms with Gasteiger partial charge in [-0.2, -0.15) is 0 Å². The predicted molar refractivity (Wildman–Crippen MR) is 81.7 cm³/mol. The second-order valence-electron chi connectivity index (χ2n) is 4.23. The van der Waals surface area contributed by atoms with Gasteiger partial charge in [-0.1, -0.05) is 18.2 Å². The number of nitrogens with zero attached hydrogens (tertiary/aromatic N) is 1. The van der Waals surface area contributed by atoms with E-state index in [-0.39, 0.29) is 0 Å². The summed E-state index contributed by atoms with van der Waals surface area (Å²) in [5.74, 6) is 1.80. The third-order valence-electron chi connectivity index (χ3n) is 2.71. The number of hydrogen-bond donors (Lipinski definition) is 1. The van der Waals surface area contributed by atoms with E-state index in [9.17, 15) is 0 Å². The number of rotatable bonds is 6. The van der Waals surface area contributed by atoms with Crippen LogP contribution in [0.15, 0.2) is 47.1 Å². The minimum Gasteiger partial charge on any atom is -0.494 e. The number of aryl methyl sites for hydroxylation is 1. The van der Waals surface area contributed by atoms with E-state index >= 15 is 0 Å². The fraction of sp³-hybridized carbons (Fsp3) is 0.267. The summed E-state index contributed by atoms with van der Waals surface area (Å²) in [6.45, 7) is 3.58. The Hall–Kier alpha value is -1.55. The number of hydrogen-bond acceptors (Lipinski definition) is 3. The zero-order chi connectivity index (χ0) is 13.5. The van der Waals surface area contributed by atoms with Gasteiger partial charge in [0.25, 0.3) is 0 Å². The van der Waals surface area contributed by atoms with Crippen LogP contribution < -0.4 is 10.1 Å². The highest BCUT2D eigenvalue weighted by Gasteiger charge is 2.02. The Morgan fingerprint density at radius 1 is 1.21 bits per heavy atom. The summed E-state index contributed by atoms with van der Waals surface area (Å²) < 4.78 is 6.65. The number of benzene rings is 1. The first-order chi connectivity index (χ1) is 9.27. The maximum absolute atomic E-state index is 5.63. The molecule has 100 valence electrons. The summed E-state index contributed by atoms with van der Waals surface area (Å²) >= 11 is 3.53. The Labute approximate surface area is 122 Å². The highest BCUT2D eigenvalue weighted by molar-refractivity contribution is 9.10. The number of nitrogens with one attached hydrogen (secondary N) is 1. The molecular weight excluding hydrogens is 304 g/mol. The largest absolute Gasteiger partial charge is 0.494 e. The molecule has 1 aromatic carbocycles. The summed E-state index contributed by atoms with van der Waals surface area (Å²) in [4.78, 5) is 4.30. The Morgan fingerprint density at radius 3 is 2.79 bits per heavy atom. The molecule has 0 unspecified atom stereocenters. The average Bonchev–Trinajstić information content (AvgIpc) is 2.44. The summed E-state index contributed by atoms with van der Waals surface area (Å²) in [7, 11) is 0. The lowest BCUT2D eigenvalue weighted by Gasteiger charge is -2.09. The van der Waals surface area contributed by atoms with E-state index in [4.69, 9.17) is 4.74 Å². The maximum Gasteiger partial charge on any atom is 0.140 e. The zero-order valence-corrected chi connectivity index (χ0v) is 12.5. The van der Waals surface area contributed by atoms with Crippen molar-refractivity contribution in [2.24, 2.45) is 0 Å². The fourth-order valence-electron chi connectivity index (χ4n) is 1.65. The molecule has 0 radical (unpaired) electrons. The number of anilines is 1. The third kappa shape index (κ3) is 4.24. The Morgan fingerprint density at radius 2 is 2.00 bits per heavy atom. The SMILES string of the molecule is Cc1ccnc(NCCCOc2ccccc2)c1Br. The number of para-hydroxylation sites is 1. The van der Waals surface area contributed by atoms with E-state index in [1.165, 1.54) is 5.56 Å². The lowest BCUT2D eigenvalue weighted by atomic mass is 10.3. The van der Waals surface area contributed by atoms with Crippen molar-refractivity contribution in [3.8, 4) is 5.75 Å². The van der Waals surface area contributed by atoms with E-state index in [0.29, 0.717) is 6.61 Å². The number of aromatic nitrogens is 1. The van der Waals surface area contributed by atoms with Crippen molar-refractivity contribution in [2.75, 3.05) is 18.5 Å². The average molecular weight is 321 g/mol. The monoisotopic (exact) mass is 320 g/mol. The molecule has 0 aliphatic rings. The van der Waals surface area contributed by atoms with Crippen LogP contribution in [0.25, 0.3) is 0 Å². The van der Waals surface area contributed by atoms with Crippen LogP contribution >= 0.6 is 15.9 Å². The normalized spacial score (nSPS) is 10.2. The minimum atomic E-state index is 0.695. The van der Waals surface area contributed by atoms with E-state index < -0.39 is 0 Å². The van der Waals surface area contributed by atoms with Gasteiger partial charge >= 0.3 is 0 Å². The lowest BCUT2D eigenvalue weighted by molar-refractivity contribution is 0.315. The van der Waals surface area contributed by atoms with Gasteiger partial charge in [0.2, 0.25) is 0 Å². The molecule has 0 aliphatic heterocycles. The smallest absolute Gasteiger partial charge is 0.140 e. The first-order valence-electron chi connectivity index (χ1n) is 6.30. The molecule has 1 heterocycles. The molecule has 19 heavy (non-hydrogen) atoms. The van der Waals surface area contributed by atoms with Crippen LogP contribution in [0.4, 0.5) is 5.82 Å². The molecule has 1 aromatic heterocycles. The highest BCUT2D eigenvalue weighted by Crippen LogP contribution is 2.22. The van der Waals surface area contributed by atoms with Gasteiger partial charge in [-0.05, 0) is 53.0 Å². The number of halogens is 1. The second kappa shape index (κ2) is 7.14. The maximum atomic E-state index is 5.63. The molecule has 2 aromatic rings. The van der Waals surface area contributed by atoms with Crippen LogP contribution in [-0.2, 0) is 0 Å². The molecule has 0 saturated carbocycles. The Kier molecular flexibility index (Phi) is 5.21. The summed E-state index contributed by atoms with van der Waals surface area (Å²) in [5.41, 5.74) is 1.18. The molecule has 4 heteroatoms. The molecule has 0 spiro atoms. The molecule has 3 nitrogen and oxygen atoms in total. The van der Waals surface area contributed by atoms with Gasteiger partial charge in [0, 0.05) is 12.7 Å². The van der Waals surface area contributed by atoms with Crippen molar-refractivity contribution in [1.29, 1.82) is 0 Å². The highest BCUT2D eigenvalue weighted by atomic mass is 79.9. The quantitative estimate of drug-likeness (QED) is 0.816. The summed E-state index contributed by atoms with van der Waals surface area (Å²) in [6, 6.07) is 11.8. The first kappa shape index (κ1) is 13.9. The van der Waals surface area contributed by atoms with E-state index in [2.05, 4.69) is 33.2 Å². The van der Waals surface area contributed by atoms with Gasteiger partial charge < -0.3 is 10.1 Å². The summed E-state index contributed by atoms with van der Waals surface area (Å²) in [5, 5.41) is 3.30. The van der Waals surface area contributed by atoms with Gasteiger partial charge in [-0.15, -0.1) is 0 Å². The predicted octanol–water partition coefficient (Wildman–Crippen LogP) is 4.03. The van der Waals surface area contributed by atoms with Crippen molar-refractivity contribution in [3.63, 3.8) is 0 Å². The molecular formula is C15H17BrN2O. The molecule has 0 bridgehead atoms. The van der Waals surface area contributed by atoms with Crippen molar-refractivity contribution in [1.82, 2.24) is 4.98 Å². The minimum absolute atomic E-state index is 0.695. The van der Waals surface area contributed by atoms with E-state index in [0.717, 1.165) is 29.0 Å². The van der Waals surface area contributed by atoms with Crippen LogP contribution in [0.1, 0.15) is 12.0 Å². The first-order valence-corrected chi connectivity index (χ1v) is 7.09. The standard InChI is InChI=1S/C15H17BrN2O/c1-12-8-10-18-15(14(12)16)17-9-5-11-19-13-6-3-2-4-7-13/h2-4,6-8,10H,5,9,11H2,1H3,(H,17,18). The van der Waals surface area contributed by atoms with Crippen LogP contribution in [0.2, 0.25) is 0 Å². The van der Waals surface area contributed by atoms with Gasteiger partial charge in [-0.25, -0.2) is 4.98 Å². The molecule has 0 aliphatic carbocycles.